The van der Waals surface area contributed by atoms with E-state index in [4.69, 9.17) is 0 Å². The number of allylic oxidation sites excluding steroid dienone is 2. The molecule has 0 saturated carbocycles. The van der Waals surface area contributed by atoms with Crippen molar-refractivity contribution in [1.82, 2.24) is 14.8 Å². The Hall–Kier alpha value is -4.65. The molecule has 1 atom stereocenters. The molecule has 5 aromatic rings. The molecule has 0 saturated heterocycles. The average molecular weight is 473 g/mol. The first-order valence-corrected chi connectivity index (χ1v) is 12.2. The standard InChI is InChI=1S/C29H24N6O/c1-17-11-13-19(14-12-17)32-33-26-28-31-23-16-15-21-20-9-5-6-10-22(20)30-25(21)24(23)27(35(28)34-29(26)36)18-7-3-2-4-8-18/h2-14,27,30-31H,15-16H2,1H3,(H,34,36). The maximum Gasteiger partial charge on any atom is 0.294 e. The molecule has 0 radical (unpaired) electrons. The summed E-state index contributed by atoms with van der Waals surface area (Å²) in [6.07, 6.45) is 1.77. The molecule has 0 fully saturated rings. The Kier molecular flexibility index (Phi) is 4.57. The van der Waals surface area contributed by atoms with E-state index in [2.05, 4.69) is 62.0 Å². The minimum atomic E-state index is -0.272. The van der Waals surface area contributed by atoms with Crippen LogP contribution in [0, 0.1) is 6.92 Å². The molecule has 3 heterocycles. The fourth-order valence-electron chi connectivity index (χ4n) is 5.44. The fraction of sp³-hybridized carbons (Fsp3) is 0.138. The summed E-state index contributed by atoms with van der Waals surface area (Å²) in [4.78, 5) is 16.8. The van der Waals surface area contributed by atoms with Crippen molar-refractivity contribution < 1.29 is 0 Å². The third-order valence-corrected chi connectivity index (χ3v) is 7.15. The fourth-order valence-corrected chi connectivity index (χ4v) is 5.44. The maximum absolute atomic E-state index is 13.2. The number of para-hydroxylation sites is 1. The summed E-state index contributed by atoms with van der Waals surface area (Å²) in [7, 11) is 0. The van der Waals surface area contributed by atoms with Gasteiger partial charge in [0.1, 0.15) is 6.04 Å². The van der Waals surface area contributed by atoms with Crippen molar-refractivity contribution in [2.45, 2.75) is 25.8 Å². The van der Waals surface area contributed by atoms with Crippen molar-refractivity contribution in [2.24, 2.45) is 10.2 Å². The van der Waals surface area contributed by atoms with E-state index >= 15 is 0 Å². The molecule has 7 rings (SSSR count). The molecule has 2 aliphatic rings. The number of rotatable bonds is 3. The number of nitrogens with one attached hydrogen (secondary N) is 3. The number of aromatic amines is 2. The third-order valence-electron chi connectivity index (χ3n) is 7.15. The molecule has 0 spiro atoms. The summed E-state index contributed by atoms with van der Waals surface area (Å²) in [5.74, 6) is 0.642. The zero-order valence-corrected chi connectivity index (χ0v) is 19.7. The summed E-state index contributed by atoms with van der Waals surface area (Å²) in [6.45, 7) is 2.03. The molecule has 3 aromatic carbocycles. The number of fused-ring (bicyclic) bond motifs is 5. The third kappa shape index (κ3) is 3.16. The van der Waals surface area contributed by atoms with Crippen LogP contribution in [0.1, 0.15) is 34.8 Å². The van der Waals surface area contributed by atoms with Gasteiger partial charge in [-0.25, -0.2) is 0 Å². The van der Waals surface area contributed by atoms with E-state index in [1.165, 1.54) is 10.9 Å². The number of aromatic nitrogens is 3. The zero-order valence-electron chi connectivity index (χ0n) is 19.7. The Labute approximate surface area is 207 Å². The van der Waals surface area contributed by atoms with Crippen molar-refractivity contribution >= 4 is 33.7 Å². The predicted molar refractivity (Wildman–Crippen MR) is 142 cm³/mol. The number of azo groups is 1. The lowest BCUT2D eigenvalue weighted by atomic mass is 9.84. The van der Waals surface area contributed by atoms with E-state index in [1.807, 2.05) is 54.1 Å². The van der Waals surface area contributed by atoms with Crippen LogP contribution in [0.25, 0.3) is 16.5 Å². The topological polar surface area (TPSA) is 90.3 Å². The van der Waals surface area contributed by atoms with Gasteiger partial charge in [-0.05, 0) is 49.1 Å². The number of benzene rings is 3. The lowest BCUT2D eigenvalue weighted by Crippen LogP contribution is -2.27. The van der Waals surface area contributed by atoms with Crippen LogP contribution in [-0.4, -0.2) is 14.8 Å². The lowest BCUT2D eigenvalue weighted by Gasteiger charge is -2.34. The minimum Gasteiger partial charge on any atom is -0.354 e. The highest BCUT2D eigenvalue weighted by Gasteiger charge is 2.37. The van der Waals surface area contributed by atoms with E-state index in [1.54, 1.807) is 0 Å². The van der Waals surface area contributed by atoms with E-state index in [0.29, 0.717) is 11.5 Å². The van der Waals surface area contributed by atoms with Crippen LogP contribution in [-0.2, 0) is 6.42 Å². The average Bonchev–Trinajstić information content (AvgIpc) is 3.44. The first-order chi connectivity index (χ1) is 17.7. The van der Waals surface area contributed by atoms with Crippen molar-refractivity contribution in [3.63, 3.8) is 0 Å². The lowest BCUT2D eigenvalue weighted by molar-refractivity contribution is 0.604. The van der Waals surface area contributed by atoms with Gasteiger partial charge < -0.3 is 10.3 Å². The Morgan fingerprint density at radius 3 is 2.50 bits per heavy atom. The number of hydrogen-bond donors (Lipinski definition) is 3. The van der Waals surface area contributed by atoms with Gasteiger partial charge in [0.15, 0.2) is 11.5 Å². The largest absolute Gasteiger partial charge is 0.354 e. The van der Waals surface area contributed by atoms with Gasteiger partial charge in [0.25, 0.3) is 5.56 Å². The Balaban J connectivity index is 1.41. The van der Waals surface area contributed by atoms with Crippen LogP contribution >= 0.6 is 0 Å². The molecule has 0 bridgehead atoms. The summed E-state index contributed by atoms with van der Waals surface area (Å²) in [5.41, 5.74) is 8.79. The molecule has 3 N–H and O–H groups in total. The number of aryl methyl sites for hydroxylation is 2. The molecular weight excluding hydrogens is 448 g/mol. The second-order valence-corrected chi connectivity index (χ2v) is 9.40. The van der Waals surface area contributed by atoms with Gasteiger partial charge >= 0.3 is 0 Å². The predicted octanol–water partition coefficient (Wildman–Crippen LogP) is 6.75. The molecule has 7 nitrogen and oxygen atoms in total. The normalized spacial score (nSPS) is 16.6. The van der Waals surface area contributed by atoms with E-state index < -0.39 is 0 Å². The first-order valence-electron chi connectivity index (χ1n) is 12.2. The second-order valence-electron chi connectivity index (χ2n) is 9.40. The van der Waals surface area contributed by atoms with Gasteiger partial charge in [0.2, 0.25) is 0 Å². The van der Waals surface area contributed by atoms with Gasteiger partial charge in [0, 0.05) is 27.9 Å². The van der Waals surface area contributed by atoms with Gasteiger partial charge in [0.05, 0.1) is 5.69 Å². The molecule has 1 aliphatic carbocycles. The number of anilines is 1. The van der Waals surface area contributed by atoms with Crippen LogP contribution in [0.3, 0.4) is 0 Å². The first kappa shape index (κ1) is 20.7. The van der Waals surface area contributed by atoms with Crippen molar-refractivity contribution in [3.8, 4) is 0 Å². The van der Waals surface area contributed by atoms with E-state index in [-0.39, 0.29) is 17.3 Å². The molecular formula is C29H24N6O. The summed E-state index contributed by atoms with van der Waals surface area (Å²) < 4.78 is 1.90. The number of hydrogen-bond acceptors (Lipinski definition) is 4. The molecule has 1 aliphatic heterocycles. The van der Waals surface area contributed by atoms with Crippen LogP contribution in [0.5, 0.6) is 0 Å². The molecule has 36 heavy (non-hydrogen) atoms. The summed E-state index contributed by atoms with van der Waals surface area (Å²) in [6, 6.07) is 26.3. The maximum atomic E-state index is 13.2. The van der Waals surface area contributed by atoms with E-state index in [0.717, 1.165) is 46.4 Å². The SMILES string of the molecule is Cc1ccc(N=Nc2c3n([nH]c2=O)C(c2ccccc2)C2=C(CCc4c2[nH]c2ccccc42)N3)cc1. The van der Waals surface area contributed by atoms with Crippen LogP contribution < -0.4 is 10.9 Å². The second kappa shape index (κ2) is 7.95. The highest BCUT2D eigenvalue weighted by Crippen LogP contribution is 2.48. The van der Waals surface area contributed by atoms with Crippen LogP contribution in [0.4, 0.5) is 17.2 Å². The molecule has 1 unspecified atom stereocenters. The Morgan fingerprint density at radius 2 is 1.67 bits per heavy atom. The van der Waals surface area contributed by atoms with Crippen molar-refractivity contribution in [1.29, 1.82) is 0 Å². The summed E-state index contributed by atoms with van der Waals surface area (Å²) in [5, 5.41) is 16.6. The Morgan fingerprint density at radius 1 is 0.889 bits per heavy atom. The summed E-state index contributed by atoms with van der Waals surface area (Å²) >= 11 is 0. The van der Waals surface area contributed by atoms with Crippen molar-refractivity contribution in [3.05, 3.63) is 117 Å². The quantitative estimate of drug-likeness (QED) is 0.253. The van der Waals surface area contributed by atoms with Gasteiger partial charge in [-0.15, -0.1) is 5.11 Å². The smallest absolute Gasteiger partial charge is 0.294 e. The molecule has 7 heteroatoms. The number of nitrogens with zero attached hydrogens (tertiary/aromatic N) is 3. The molecule has 0 amide bonds. The highest BCUT2D eigenvalue weighted by atomic mass is 16.1. The van der Waals surface area contributed by atoms with Crippen LogP contribution in [0.15, 0.2) is 99.6 Å². The van der Waals surface area contributed by atoms with Crippen molar-refractivity contribution in [2.75, 3.05) is 5.32 Å². The monoisotopic (exact) mass is 472 g/mol. The minimum absolute atomic E-state index is 0.208. The van der Waals surface area contributed by atoms with E-state index in [9.17, 15) is 4.79 Å². The Bertz CT molecular complexity index is 1730. The number of H-pyrrole nitrogens is 2. The zero-order chi connectivity index (χ0) is 24.2. The highest BCUT2D eigenvalue weighted by molar-refractivity contribution is 5.93. The molecule has 176 valence electrons. The van der Waals surface area contributed by atoms with Gasteiger partial charge in [-0.3, -0.25) is 14.6 Å². The molecule has 2 aromatic heterocycles. The van der Waals surface area contributed by atoms with Gasteiger partial charge in [-0.2, -0.15) is 5.11 Å². The van der Waals surface area contributed by atoms with Gasteiger partial charge in [-0.1, -0.05) is 66.2 Å². The van der Waals surface area contributed by atoms with Crippen LogP contribution in [0.2, 0.25) is 0 Å².